The van der Waals surface area contributed by atoms with Crippen molar-refractivity contribution < 1.29 is 5.11 Å². The Morgan fingerprint density at radius 3 is 2.52 bits per heavy atom. The lowest BCUT2D eigenvalue weighted by atomic mass is 10.1. The van der Waals surface area contributed by atoms with Crippen LogP contribution >= 0.6 is 24.0 Å². The van der Waals surface area contributed by atoms with Crippen LogP contribution in [0.2, 0.25) is 0 Å². The molecule has 4 N–H and O–H groups in total. The zero-order chi connectivity index (χ0) is 18.2. The molecule has 2 aromatic carbocycles. The summed E-state index contributed by atoms with van der Waals surface area (Å²) in [5, 5.41) is 17.4. The summed E-state index contributed by atoms with van der Waals surface area (Å²) >= 11 is 0. The number of nitrogens with one attached hydrogen (secondary N) is 3. The molecule has 0 aliphatic rings. The first-order chi connectivity index (χ1) is 12.8. The van der Waals surface area contributed by atoms with E-state index in [0.717, 1.165) is 36.6 Å². The number of para-hydroxylation sites is 1. The predicted octanol–water partition coefficient (Wildman–Crippen LogP) is 3.58. The Hall–Kier alpha value is -2.06. The average Bonchev–Trinajstić information content (AvgIpc) is 3.09. The lowest BCUT2D eigenvalue weighted by Gasteiger charge is -2.12. The van der Waals surface area contributed by atoms with E-state index in [1.165, 1.54) is 16.5 Å². The number of guanidine groups is 1. The van der Waals surface area contributed by atoms with Gasteiger partial charge in [0, 0.05) is 30.2 Å². The number of aliphatic hydroxyl groups is 1. The molecule has 144 valence electrons. The van der Waals surface area contributed by atoms with E-state index in [9.17, 15) is 5.11 Å². The number of halogens is 1. The van der Waals surface area contributed by atoms with Crippen LogP contribution in [0.25, 0.3) is 10.9 Å². The molecule has 0 aliphatic carbocycles. The normalized spacial score (nSPS) is 11.3. The summed E-state index contributed by atoms with van der Waals surface area (Å²) in [7, 11) is 0. The Morgan fingerprint density at radius 1 is 1.00 bits per heavy atom. The monoisotopic (exact) mass is 478 g/mol. The SMILES string of the molecule is CCNC(=NCc1ccccc1CO)NCCc1c[nH]c2ccccc12.I. The van der Waals surface area contributed by atoms with Crippen molar-refractivity contribution >= 4 is 40.8 Å². The summed E-state index contributed by atoms with van der Waals surface area (Å²) in [4.78, 5) is 7.96. The van der Waals surface area contributed by atoms with E-state index < -0.39 is 0 Å². The summed E-state index contributed by atoms with van der Waals surface area (Å²) in [5.41, 5.74) is 4.44. The zero-order valence-electron chi connectivity index (χ0n) is 15.5. The van der Waals surface area contributed by atoms with E-state index in [-0.39, 0.29) is 30.6 Å². The van der Waals surface area contributed by atoms with Gasteiger partial charge in [-0.2, -0.15) is 0 Å². The molecule has 0 radical (unpaired) electrons. The molecule has 0 unspecified atom stereocenters. The molecular formula is C21H27IN4O. The van der Waals surface area contributed by atoms with Crippen molar-refractivity contribution in [3.63, 3.8) is 0 Å². The maximum atomic E-state index is 9.44. The number of rotatable bonds is 7. The van der Waals surface area contributed by atoms with E-state index in [4.69, 9.17) is 0 Å². The van der Waals surface area contributed by atoms with Crippen LogP contribution in [-0.4, -0.2) is 29.1 Å². The van der Waals surface area contributed by atoms with Gasteiger partial charge in [-0.1, -0.05) is 42.5 Å². The van der Waals surface area contributed by atoms with Crippen molar-refractivity contribution in [2.45, 2.75) is 26.5 Å². The highest BCUT2D eigenvalue weighted by Gasteiger charge is 2.04. The Labute approximate surface area is 177 Å². The predicted molar refractivity (Wildman–Crippen MR) is 123 cm³/mol. The van der Waals surface area contributed by atoms with Crippen molar-refractivity contribution in [3.05, 3.63) is 71.4 Å². The van der Waals surface area contributed by atoms with Crippen LogP contribution in [0.3, 0.4) is 0 Å². The molecule has 1 aromatic heterocycles. The van der Waals surface area contributed by atoms with Gasteiger partial charge in [0.05, 0.1) is 13.2 Å². The van der Waals surface area contributed by atoms with Gasteiger partial charge in [-0.15, -0.1) is 24.0 Å². The summed E-state index contributed by atoms with van der Waals surface area (Å²) < 4.78 is 0. The first-order valence-corrected chi connectivity index (χ1v) is 9.06. The highest BCUT2D eigenvalue weighted by atomic mass is 127. The van der Waals surface area contributed by atoms with E-state index in [1.807, 2.05) is 30.3 Å². The third kappa shape index (κ3) is 5.71. The Morgan fingerprint density at radius 2 is 1.74 bits per heavy atom. The van der Waals surface area contributed by atoms with Crippen LogP contribution in [0.15, 0.2) is 59.7 Å². The Bertz CT molecular complexity index is 875. The zero-order valence-corrected chi connectivity index (χ0v) is 17.9. The molecule has 0 amide bonds. The number of aliphatic hydroxyl groups excluding tert-OH is 1. The van der Waals surface area contributed by atoms with Gasteiger partial charge in [0.25, 0.3) is 0 Å². The summed E-state index contributed by atoms with van der Waals surface area (Å²) in [6.45, 7) is 4.24. The van der Waals surface area contributed by atoms with E-state index >= 15 is 0 Å². The fraction of sp³-hybridized carbons (Fsp3) is 0.286. The Balaban J connectivity index is 0.00000261. The minimum atomic E-state index is 0. The minimum Gasteiger partial charge on any atom is -0.392 e. The number of nitrogens with zero attached hydrogens (tertiary/aromatic N) is 1. The number of aromatic amines is 1. The van der Waals surface area contributed by atoms with Gasteiger partial charge in [-0.25, -0.2) is 4.99 Å². The van der Waals surface area contributed by atoms with Crippen molar-refractivity contribution in [1.29, 1.82) is 0 Å². The van der Waals surface area contributed by atoms with Gasteiger partial charge in [-0.3, -0.25) is 0 Å². The molecule has 0 fully saturated rings. The molecule has 0 bridgehead atoms. The van der Waals surface area contributed by atoms with Crippen molar-refractivity contribution in [2.24, 2.45) is 4.99 Å². The van der Waals surface area contributed by atoms with Gasteiger partial charge < -0.3 is 20.7 Å². The molecule has 0 spiro atoms. The van der Waals surface area contributed by atoms with Crippen molar-refractivity contribution in [2.75, 3.05) is 13.1 Å². The molecular weight excluding hydrogens is 451 g/mol. The fourth-order valence-electron chi connectivity index (χ4n) is 3.03. The quantitative estimate of drug-likeness (QED) is 0.238. The maximum Gasteiger partial charge on any atom is 0.191 e. The van der Waals surface area contributed by atoms with Crippen LogP contribution < -0.4 is 10.6 Å². The van der Waals surface area contributed by atoms with E-state index in [1.54, 1.807) is 0 Å². The number of hydrogen-bond acceptors (Lipinski definition) is 2. The number of benzene rings is 2. The molecule has 6 heteroatoms. The number of hydrogen-bond donors (Lipinski definition) is 4. The van der Waals surface area contributed by atoms with Crippen LogP contribution in [-0.2, 0) is 19.6 Å². The minimum absolute atomic E-state index is 0. The largest absolute Gasteiger partial charge is 0.392 e. The molecule has 0 atom stereocenters. The number of aromatic nitrogens is 1. The first-order valence-electron chi connectivity index (χ1n) is 9.06. The standard InChI is InChI=1S/C21H26N4O.HI/c1-2-22-21(25-13-16-7-3-4-8-18(16)15-26)23-12-11-17-14-24-20-10-6-5-9-19(17)20;/h3-10,14,24,26H,2,11-13,15H2,1H3,(H2,22,23,25);1H. The number of aliphatic imine (C=N–C) groups is 1. The number of H-pyrrole nitrogens is 1. The second-order valence-corrected chi connectivity index (χ2v) is 6.16. The first kappa shape index (κ1) is 21.2. The molecule has 3 aromatic rings. The van der Waals surface area contributed by atoms with Gasteiger partial charge >= 0.3 is 0 Å². The smallest absolute Gasteiger partial charge is 0.191 e. The molecule has 0 aliphatic heterocycles. The van der Waals surface area contributed by atoms with Crippen molar-refractivity contribution in [3.8, 4) is 0 Å². The highest BCUT2D eigenvalue weighted by molar-refractivity contribution is 14.0. The second kappa shape index (κ2) is 10.9. The molecule has 3 rings (SSSR count). The summed E-state index contributed by atoms with van der Waals surface area (Å²) in [6, 6.07) is 16.2. The summed E-state index contributed by atoms with van der Waals surface area (Å²) in [6.07, 6.45) is 3.00. The van der Waals surface area contributed by atoms with Crippen LogP contribution in [0.4, 0.5) is 0 Å². The van der Waals surface area contributed by atoms with Crippen LogP contribution in [0.1, 0.15) is 23.6 Å². The topological polar surface area (TPSA) is 72.4 Å². The van der Waals surface area contributed by atoms with E-state index in [0.29, 0.717) is 6.54 Å². The molecule has 0 saturated carbocycles. The van der Waals surface area contributed by atoms with Gasteiger partial charge in [0.2, 0.25) is 0 Å². The third-order valence-corrected chi connectivity index (χ3v) is 4.40. The fourth-order valence-corrected chi connectivity index (χ4v) is 3.03. The highest BCUT2D eigenvalue weighted by Crippen LogP contribution is 2.17. The van der Waals surface area contributed by atoms with Gasteiger partial charge in [-0.05, 0) is 36.1 Å². The Kier molecular flexibility index (Phi) is 8.60. The maximum absolute atomic E-state index is 9.44. The average molecular weight is 478 g/mol. The summed E-state index contributed by atoms with van der Waals surface area (Å²) in [5.74, 6) is 0.792. The lowest BCUT2D eigenvalue weighted by molar-refractivity contribution is 0.280. The van der Waals surface area contributed by atoms with Crippen LogP contribution in [0, 0.1) is 0 Å². The lowest BCUT2D eigenvalue weighted by Crippen LogP contribution is -2.38. The second-order valence-electron chi connectivity index (χ2n) is 6.16. The van der Waals surface area contributed by atoms with Gasteiger partial charge in [0.1, 0.15) is 0 Å². The molecule has 0 saturated heterocycles. The van der Waals surface area contributed by atoms with Crippen LogP contribution in [0.5, 0.6) is 0 Å². The third-order valence-electron chi connectivity index (χ3n) is 4.40. The molecule has 5 nitrogen and oxygen atoms in total. The molecule has 27 heavy (non-hydrogen) atoms. The number of fused-ring (bicyclic) bond motifs is 1. The van der Waals surface area contributed by atoms with Crippen molar-refractivity contribution in [1.82, 2.24) is 15.6 Å². The molecule has 1 heterocycles. The van der Waals surface area contributed by atoms with E-state index in [2.05, 4.69) is 51.9 Å². The van der Waals surface area contributed by atoms with Gasteiger partial charge in [0.15, 0.2) is 5.96 Å².